The molecule has 0 atom stereocenters. The molecule has 3 heterocycles. The summed E-state index contributed by atoms with van der Waals surface area (Å²) in [6.45, 7) is 4.39. The molecule has 1 aliphatic carbocycles. The lowest BCUT2D eigenvalue weighted by Crippen LogP contribution is -2.64. The van der Waals surface area contributed by atoms with Crippen molar-refractivity contribution in [2.24, 2.45) is 5.41 Å². The Kier molecular flexibility index (Phi) is 5.99. The summed E-state index contributed by atoms with van der Waals surface area (Å²) in [6.07, 6.45) is 6.06. The number of carbonyl (C=O) groups is 1. The van der Waals surface area contributed by atoms with E-state index < -0.39 is 0 Å². The van der Waals surface area contributed by atoms with E-state index in [1.807, 2.05) is 6.92 Å². The Labute approximate surface area is 219 Å². The van der Waals surface area contributed by atoms with Gasteiger partial charge in [0.25, 0.3) is 5.91 Å². The van der Waals surface area contributed by atoms with Crippen LogP contribution in [-0.2, 0) is 13.0 Å². The van der Waals surface area contributed by atoms with Crippen molar-refractivity contribution in [2.45, 2.75) is 38.8 Å². The van der Waals surface area contributed by atoms with Crippen molar-refractivity contribution in [3.8, 4) is 5.75 Å². The van der Waals surface area contributed by atoms with Crippen LogP contribution in [-0.4, -0.2) is 39.5 Å². The first-order valence-electron chi connectivity index (χ1n) is 12.5. The number of hydrogen-bond donors (Lipinski definition) is 1. The van der Waals surface area contributed by atoms with E-state index in [0.29, 0.717) is 40.6 Å². The summed E-state index contributed by atoms with van der Waals surface area (Å²) in [4.78, 5) is 24.0. The van der Waals surface area contributed by atoms with Gasteiger partial charge in [0.05, 0.1) is 16.9 Å². The van der Waals surface area contributed by atoms with Crippen LogP contribution in [0.25, 0.3) is 5.78 Å². The molecule has 9 heteroatoms. The number of fused-ring (bicyclic) bond motifs is 1. The zero-order chi connectivity index (χ0) is 25.6. The van der Waals surface area contributed by atoms with Crippen molar-refractivity contribution in [2.75, 3.05) is 18.0 Å². The number of halogens is 2. The van der Waals surface area contributed by atoms with E-state index >= 15 is 0 Å². The van der Waals surface area contributed by atoms with Crippen molar-refractivity contribution in [1.29, 1.82) is 0 Å². The Morgan fingerprint density at radius 1 is 1.16 bits per heavy atom. The molecule has 7 nitrogen and oxygen atoms in total. The molecule has 1 spiro atoms. The summed E-state index contributed by atoms with van der Waals surface area (Å²) < 4.78 is 20.7. The molecule has 2 aromatic heterocycles. The molecule has 1 saturated heterocycles. The third-order valence-electron chi connectivity index (χ3n) is 7.32. The smallest absolute Gasteiger partial charge is 0.270 e. The number of aryl methyl sites for hydroxylation is 1. The average molecular weight is 520 g/mol. The van der Waals surface area contributed by atoms with Crippen LogP contribution in [0.2, 0.25) is 5.02 Å². The van der Waals surface area contributed by atoms with Gasteiger partial charge in [-0.25, -0.2) is 14.4 Å². The molecule has 2 fully saturated rings. The van der Waals surface area contributed by atoms with E-state index in [1.165, 1.54) is 24.0 Å². The van der Waals surface area contributed by atoms with Crippen LogP contribution in [0.1, 0.15) is 41.5 Å². The molecular weight excluding hydrogens is 493 g/mol. The summed E-state index contributed by atoms with van der Waals surface area (Å²) in [5.74, 6) is 0.737. The number of hydrogen-bond acceptors (Lipinski definition) is 5. The first kappa shape index (κ1) is 23.7. The van der Waals surface area contributed by atoms with Gasteiger partial charge >= 0.3 is 0 Å². The number of rotatable bonds is 7. The molecule has 0 radical (unpaired) electrons. The Balaban J connectivity index is 1.01. The molecule has 0 bridgehead atoms. The van der Waals surface area contributed by atoms with Gasteiger partial charge in [0.2, 0.25) is 5.78 Å². The van der Waals surface area contributed by atoms with Gasteiger partial charge in [-0.2, -0.15) is 0 Å². The fourth-order valence-corrected chi connectivity index (χ4v) is 5.58. The molecule has 2 aromatic carbocycles. The number of anilines is 1. The minimum Gasteiger partial charge on any atom is -0.490 e. The van der Waals surface area contributed by atoms with Crippen molar-refractivity contribution >= 4 is 29.0 Å². The second-order valence-corrected chi connectivity index (χ2v) is 10.4. The highest BCUT2D eigenvalue weighted by Crippen LogP contribution is 2.50. The largest absolute Gasteiger partial charge is 0.490 e. The minimum atomic E-state index is -0.249. The third-order valence-corrected chi connectivity index (χ3v) is 7.51. The monoisotopic (exact) mass is 519 g/mol. The number of nitrogens with one attached hydrogen (secondary N) is 1. The fraction of sp³-hybridized carbons (Fsp3) is 0.321. The van der Waals surface area contributed by atoms with Gasteiger partial charge in [0.15, 0.2) is 0 Å². The number of amides is 1. The topological polar surface area (TPSA) is 71.8 Å². The van der Waals surface area contributed by atoms with Crippen LogP contribution < -0.4 is 15.0 Å². The van der Waals surface area contributed by atoms with Gasteiger partial charge in [-0.15, -0.1) is 0 Å². The van der Waals surface area contributed by atoms with Gasteiger partial charge in [-0.05, 0) is 61.2 Å². The fourth-order valence-electron chi connectivity index (χ4n) is 5.43. The van der Waals surface area contributed by atoms with E-state index in [0.717, 1.165) is 37.2 Å². The van der Waals surface area contributed by atoms with Gasteiger partial charge in [-0.1, -0.05) is 30.7 Å². The molecule has 1 amide bonds. The van der Waals surface area contributed by atoms with Crippen molar-refractivity contribution in [3.05, 3.63) is 88.7 Å². The Hall–Kier alpha value is -3.65. The first-order valence-corrected chi connectivity index (χ1v) is 12.9. The molecule has 2 aliphatic rings. The van der Waals surface area contributed by atoms with E-state index in [-0.39, 0.29) is 17.8 Å². The normalized spacial score (nSPS) is 16.5. The highest BCUT2D eigenvalue weighted by atomic mass is 35.5. The SMILES string of the molecule is CCc1nc2ncc(Cl)cn2c1C(=O)NCc1ccc(N2CC3(CC(Oc4ccc(F)cc4)C3)C2)cc1. The third kappa shape index (κ3) is 4.62. The number of carbonyl (C=O) groups excluding carboxylic acids is 1. The Morgan fingerprint density at radius 3 is 2.59 bits per heavy atom. The summed E-state index contributed by atoms with van der Waals surface area (Å²) in [5, 5.41) is 3.45. The van der Waals surface area contributed by atoms with Gasteiger partial charge in [0.1, 0.15) is 23.4 Å². The number of nitrogens with zero attached hydrogens (tertiary/aromatic N) is 4. The van der Waals surface area contributed by atoms with E-state index in [2.05, 4.69) is 44.5 Å². The molecule has 1 aliphatic heterocycles. The van der Waals surface area contributed by atoms with Crippen molar-refractivity contribution in [1.82, 2.24) is 19.7 Å². The number of benzene rings is 2. The maximum Gasteiger partial charge on any atom is 0.270 e. The first-order chi connectivity index (χ1) is 17.9. The van der Waals surface area contributed by atoms with Crippen molar-refractivity contribution < 1.29 is 13.9 Å². The van der Waals surface area contributed by atoms with Crippen LogP contribution in [0.15, 0.2) is 60.9 Å². The average Bonchev–Trinajstić information content (AvgIpc) is 3.22. The standard InChI is InChI=1S/C28H27ClFN5O2/c1-2-24-25(35-15-19(29)14-32-27(35)33-24)26(36)31-13-18-3-7-21(8-4-18)34-16-28(17-34)11-23(12-28)37-22-9-5-20(30)6-10-22/h3-10,14-15,23H,2,11-13,16-17H2,1H3,(H,31,36). The van der Waals surface area contributed by atoms with Crippen LogP contribution in [0.4, 0.5) is 10.1 Å². The number of ether oxygens (including phenoxy) is 1. The maximum atomic E-state index is 13.1. The second kappa shape index (κ2) is 9.34. The zero-order valence-electron chi connectivity index (χ0n) is 20.5. The highest BCUT2D eigenvalue weighted by Gasteiger charge is 2.53. The molecular formula is C28H27ClFN5O2. The molecule has 4 aromatic rings. The number of imidazole rings is 1. The zero-order valence-corrected chi connectivity index (χ0v) is 21.2. The molecule has 1 N–H and O–H groups in total. The molecule has 37 heavy (non-hydrogen) atoms. The van der Waals surface area contributed by atoms with Gasteiger partial charge < -0.3 is 15.0 Å². The molecule has 190 valence electrons. The van der Waals surface area contributed by atoms with Gasteiger partial charge in [0, 0.05) is 36.9 Å². The van der Waals surface area contributed by atoms with Crippen LogP contribution in [0, 0.1) is 11.2 Å². The quantitative estimate of drug-likeness (QED) is 0.369. The predicted octanol–water partition coefficient (Wildman–Crippen LogP) is 5.06. The second-order valence-electron chi connectivity index (χ2n) is 10.0. The lowest BCUT2D eigenvalue weighted by Gasteiger charge is -2.59. The summed E-state index contributed by atoms with van der Waals surface area (Å²) in [5.41, 5.74) is 3.68. The molecule has 1 saturated carbocycles. The van der Waals surface area contributed by atoms with Crippen LogP contribution in [0.3, 0.4) is 0 Å². The lowest BCUT2D eigenvalue weighted by atomic mass is 9.61. The highest BCUT2D eigenvalue weighted by molar-refractivity contribution is 6.30. The van der Waals surface area contributed by atoms with E-state index in [1.54, 1.807) is 22.7 Å². The van der Waals surface area contributed by atoms with E-state index in [4.69, 9.17) is 16.3 Å². The number of aromatic nitrogens is 3. The molecule has 0 unspecified atom stereocenters. The molecule has 6 rings (SSSR count). The van der Waals surface area contributed by atoms with E-state index in [9.17, 15) is 9.18 Å². The maximum absolute atomic E-state index is 13.1. The van der Waals surface area contributed by atoms with Crippen LogP contribution in [0.5, 0.6) is 5.75 Å². The predicted molar refractivity (Wildman–Crippen MR) is 140 cm³/mol. The summed E-state index contributed by atoms with van der Waals surface area (Å²) in [6, 6.07) is 14.5. The summed E-state index contributed by atoms with van der Waals surface area (Å²) in [7, 11) is 0. The van der Waals surface area contributed by atoms with Gasteiger partial charge in [-0.3, -0.25) is 9.20 Å². The summed E-state index contributed by atoms with van der Waals surface area (Å²) >= 11 is 6.09. The van der Waals surface area contributed by atoms with Crippen molar-refractivity contribution in [3.63, 3.8) is 0 Å². The Morgan fingerprint density at radius 2 is 1.89 bits per heavy atom. The minimum absolute atomic E-state index is 0.201. The van der Waals surface area contributed by atoms with Crippen LogP contribution >= 0.6 is 11.6 Å². The lowest BCUT2D eigenvalue weighted by molar-refractivity contribution is -0.0340. The Bertz CT molecular complexity index is 1440.